The molecule has 0 aromatic carbocycles. The zero-order chi connectivity index (χ0) is 19.3. The van der Waals surface area contributed by atoms with Gasteiger partial charge in [-0.3, -0.25) is 9.78 Å². The molecule has 1 aromatic rings. The minimum atomic E-state index is -0.531. The number of amides is 2. The van der Waals surface area contributed by atoms with Gasteiger partial charge in [0.2, 0.25) is 5.91 Å². The Hall–Kier alpha value is -2.11. The summed E-state index contributed by atoms with van der Waals surface area (Å²) in [6, 6.07) is 5.79. The lowest BCUT2D eigenvalue weighted by atomic mass is 9.96. The summed E-state index contributed by atoms with van der Waals surface area (Å²) in [4.78, 5) is 33.3. The second-order valence-corrected chi connectivity index (χ2v) is 8.15. The molecule has 0 radical (unpaired) electrons. The molecule has 1 saturated heterocycles. The van der Waals surface area contributed by atoms with E-state index in [-0.39, 0.29) is 24.0 Å². The van der Waals surface area contributed by atoms with Crippen LogP contribution in [0.2, 0.25) is 0 Å². The molecule has 6 heteroatoms. The van der Waals surface area contributed by atoms with Crippen molar-refractivity contribution in [2.75, 3.05) is 13.1 Å². The number of ether oxygens (including phenoxy) is 1. The van der Waals surface area contributed by atoms with Gasteiger partial charge in [0, 0.05) is 25.3 Å². The van der Waals surface area contributed by atoms with Crippen LogP contribution in [0, 0.1) is 5.92 Å². The molecule has 1 atom stereocenters. The van der Waals surface area contributed by atoms with Gasteiger partial charge in [-0.15, -0.1) is 0 Å². The summed E-state index contributed by atoms with van der Waals surface area (Å²) in [6.45, 7) is 11.1. The number of piperidine rings is 1. The average Bonchev–Trinajstić information content (AvgIpc) is 2.58. The summed E-state index contributed by atoms with van der Waals surface area (Å²) < 4.78 is 5.46. The molecule has 0 N–H and O–H groups in total. The predicted octanol–water partition coefficient (Wildman–Crippen LogP) is 3.47. The van der Waals surface area contributed by atoms with Gasteiger partial charge < -0.3 is 14.5 Å². The van der Waals surface area contributed by atoms with E-state index in [2.05, 4.69) is 4.98 Å². The van der Waals surface area contributed by atoms with Crippen molar-refractivity contribution in [1.29, 1.82) is 0 Å². The van der Waals surface area contributed by atoms with Crippen LogP contribution in [0.4, 0.5) is 4.79 Å². The third-order valence-electron chi connectivity index (χ3n) is 4.39. The van der Waals surface area contributed by atoms with E-state index in [1.165, 1.54) is 0 Å². The highest BCUT2D eigenvalue weighted by molar-refractivity contribution is 5.80. The summed E-state index contributed by atoms with van der Waals surface area (Å²) >= 11 is 0. The Bertz CT molecular complexity index is 610. The normalized spacial score (nSPS) is 17.9. The van der Waals surface area contributed by atoms with Crippen LogP contribution in [-0.2, 0) is 16.1 Å². The van der Waals surface area contributed by atoms with Crippen molar-refractivity contribution >= 4 is 12.0 Å². The van der Waals surface area contributed by atoms with Crippen LogP contribution in [-0.4, -0.2) is 51.5 Å². The number of likely N-dealkylation sites (tertiary alicyclic amines) is 1. The average molecular weight is 361 g/mol. The second-order valence-electron chi connectivity index (χ2n) is 8.15. The van der Waals surface area contributed by atoms with Crippen molar-refractivity contribution in [1.82, 2.24) is 14.8 Å². The van der Waals surface area contributed by atoms with Gasteiger partial charge in [0.15, 0.2) is 0 Å². The molecule has 2 heterocycles. The lowest BCUT2D eigenvalue weighted by Gasteiger charge is -2.37. The van der Waals surface area contributed by atoms with Crippen LogP contribution >= 0.6 is 0 Å². The van der Waals surface area contributed by atoms with Gasteiger partial charge in [-0.25, -0.2) is 4.79 Å². The molecule has 0 aliphatic carbocycles. The SMILES string of the molecule is CC(C)N(Cc1ccccn1)C(=O)[C@@H]1CCCN(C(=O)OC(C)(C)C)C1. The van der Waals surface area contributed by atoms with Crippen LogP contribution in [0.5, 0.6) is 0 Å². The van der Waals surface area contributed by atoms with Gasteiger partial charge in [-0.05, 0) is 59.6 Å². The highest BCUT2D eigenvalue weighted by Gasteiger charge is 2.34. The monoisotopic (exact) mass is 361 g/mol. The van der Waals surface area contributed by atoms with Gasteiger partial charge in [0.1, 0.15) is 5.60 Å². The number of pyridine rings is 1. The van der Waals surface area contributed by atoms with E-state index in [1.807, 2.05) is 57.7 Å². The maximum Gasteiger partial charge on any atom is 0.410 e. The van der Waals surface area contributed by atoms with E-state index in [1.54, 1.807) is 11.1 Å². The molecule has 2 amide bonds. The Kier molecular flexibility index (Phi) is 6.62. The zero-order valence-electron chi connectivity index (χ0n) is 16.6. The fourth-order valence-corrected chi connectivity index (χ4v) is 3.09. The first kappa shape index (κ1) is 20.2. The maximum atomic E-state index is 13.1. The predicted molar refractivity (Wildman–Crippen MR) is 100 cm³/mol. The molecule has 1 aromatic heterocycles. The molecule has 6 nitrogen and oxygen atoms in total. The van der Waals surface area contributed by atoms with Crippen molar-refractivity contribution in [3.63, 3.8) is 0 Å². The Morgan fingerprint density at radius 3 is 2.65 bits per heavy atom. The number of aromatic nitrogens is 1. The van der Waals surface area contributed by atoms with E-state index < -0.39 is 5.60 Å². The maximum absolute atomic E-state index is 13.1. The number of hydrogen-bond donors (Lipinski definition) is 0. The Morgan fingerprint density at radius 1 is 1.35 bits per heavy atom. The molecule has 26 heavy (non-hydrogen) atoms. The van der Waals surface area contributed by atoms with E-state index in [9.17, 15) is 9.59 Å². The van der Waals surface area contributed by atoms with E-state index in [4.69, 9.17) is 4.74 Å². The van der Waals surface area contributed by atoms with Crippen molar-refractivity contribution in [3.8, 4) is 0 Å². The van der Waals surface area contributed by atoms with Gasteiger partial charge >= 0.3 is 6.09 Å². The number of carbonyl (C=O) groups is 2. The van der Waals surface area contributed by atoms with E-state index in [0.29, 0.717) is 19.6 Å². The first-order valence-electron chi connectivity index (χ1n) is 9.35. The smallest absolute Gasteiger partial charge is 0.410 e. The largest absolute Gasteiger partial charge is 0.444 e. The van der Waals surface area contributed by atoms with Crippen molar-refractivity contribution in [2.24, 2.45) is 5.92 Å². The number of carbonyl (C=O) groups excluding carboxylic acids is 2. The minimum Gasteiger partial charge on any atom is -0.444 e. The highest BCUT2D eigenvalue weighted by atomic mass is 16.6. The summed E-state index contributed by atoms with van der Waals surface area (Å²) in [5.41, 5.74) is 0.339. The van der Waals surface area contributed by atoms with Gasteiger partial charge in [-0.2, -0.15) is 0 Å². The molecule has 0 saturated carbocycles. The quantitative estimate of drug-likeness (QED) is 0.824. The first-order chi connectivity index (χ1) is 12.2. The van der Waals surface area contributed by atoms with Gasteiger partial charge in [0.25, 0.3) is 0 Å². The van der Waals surface area contributed by atoms with Crippen molar-refractivity contribution < 1.29 is 14.3 Å². The molecule has 0 bridgehead atoms. The molecule has 0 spiro atoms. The van der Waals surface area contributed by atoms with Gasteiger partial charge in [0.05, 0.1) is 18.2 Å². The van der Waals surface area contributed by atoms with Crippen LogP contribution in [0.1, 0.15) is 53.2 Å². The fraction of sp³-hybridized carbons (Fsp3) is 0.650. The molecule has 1 fully saturated rings. The van der Waals surface area contributed by atoms with Crippen LogP contribution in [0.25, 0.3) is 0 Å². The van der Waals surface area contributed by atoms with Crippen LogP contribution < -0.4 is 0 Å². The third-order valence-corrected chi connectivity index (χ3v) is 4.39. The Morgan fingerprint density at radius 2 is 2.08 bits per heavy atom. The van der Waals surface area contributed by atoms with E-state index in [0.717, 1.165) is 18.5 Å². The topological polar surface area (TPSA) is 62.7 Å². The molecule has 2 rings (SSSR count). The van der Waals surface area contributed by atoms with E-state index >= 15 is 0 Å². The fourth-order valence-electron chi connectivity index (χ4n) is 3.09. The Balaban J connectivity index is 2.04. The molecule has 144 valence electrons. The summed E-state index contributed by atoms with van der Waals surface area (Å²) in [5.74, 6) is -0.110. The number of nitrogens with zero attached hydrogens (tertiary/aromatic N) is 3. The van der Waals surface area contributed by atoms with Crippen molar-refractivity contribution in [3.05, 3.63) is 30.1 Å². The standard InChI is InChI=1S/C20H31N3O3/c1-15(2)23(14-17-10-6-7-11-21-17)18(24)16-9-8-12-22(13-16)19(25)26-20(3,4)5/h6-7,10-11,15-16H,8-9,12-14H2,1-5H3/t16-/m1/s1. The first-order valence-corrected chi connectivity index (χ1v) is 9.35. The summed E-state index contributed by atoms with van der Waals surface area (Å²) in [6.07, 6.45) is 3.01. The lowest BCUT2D eigenvalue weighted by molar-refractivity contribution is -0.139. The second kappa shape index (κ2) is 8.52. The molecule has 1 aliphatic heterocycles. The zero-order valence-corrected chi connectivity index (χ0v) is 16.6. The number of rotatable bonds is 4. The lowest BCUT2D eigenvalue weighted by Crippen LogP contribution is -2.49. The third kappa shape index (κ3) is 5.71. The molecule has 1 aliphatic rings. The molecular weight excluding hydrogens is 330 g/mol. The number of hydrogen-bond acceptors (Lipinski definition) is 4. The molecular formula is C20H31N3O3. The minimum absolute atomic E-state index is 0.0707. The van der Waals surface area contributed by atoms with Crippen LogP contribution in [0.3, 0.4) is 0 Å². The Labute approximate surface area is 156 Å². The summed E-state index contributed by atoms with van der Waals surface area (Å²) in [7, 11) is 0. The van der Waals surface area contributed by atoms with Gasteiger partial charge in [-0.1, -0.05) is 6.07 Å². The van der Waals surface area contributed by atoms with Crippen molar-refractivity contribution in [2.45, 2.75) is 65.6 Å². The van der Waals surface area contributed by atoms with Crippen LogP contribution in [0.15, 0.2) is 24.4 Å². The molecule has 0 unspecified atom stereocenters. The highest BCUT2D eigenvalue weighted by Crippen LogP contribution is 2.23. The summed E-state index contributed by atoms with van der Waals surface area (Å²) in [5, 5.41) is 0.